The first-order valence-corrected chi connectivity index (χ1v) is 6.23. The normalized spacial score (nSPS) is 11.2. The smallest absolute Gasteiger partial charge is 0.369 e. The van der Waals surface area contributed by atoms with Crippen LogP contribution in [0.2, 0.25) is 0 Å². The second-order valence-corrected chi connectivity index (χ2v) is 4.12. The molecule has 0 heterocycles. The first kappa shape index (κ1) is 16.3. The van der Waals surface area contributed by atoms with E-state index in [1.807, 2.05) is 37.3 Å². The molecule has 0 bridgehead atoms. The molecule has 0 atom stereocenters. The Labute approximate surface area is 104 Å². The summed E-state index contributed by atoms with van der Waals surface area (Å²) in [6.45, 7) is 1.85. The van der Waals surface area contributed by atoms with E-state index in [4.69, 9.17) is 30.7 Å². The third-order valence-electron chi connectivity index (χ3n) is 1.51. The number of hydrogen-bond donors (Lipinski definition) is 5. The predicted molar refractivity (Wildman–Crippen MR) is 68.7 cm³/mol. The van der Waals surface area contributed by atoms with E-state index in [0.717, 1.165) is 11.3 Å². The monoisotopic (exact) mass is 274 g/mol. The second kappa shape index (κ2) is 7.57. The van der Waals surface area contributed by atoms with E-state index in [0.29, 0.717) is 0 Å². The van der Waals surface area contributed by atoms with Crippen LogP contribution in [-0.2, 0) is 4.57 Å². The maximum atomic E-state index is 8.88. The lowest BCUT2D eigenvalue weighted by molar-refractivity contribution is 0.275. The number of nitrogens with zero attached hydrogens (tertiary/aromatic N) is 2. The summed E-state index contributed by atoms with van der Waals surface area (Å²) in [5, 5.41) is 7.41. The lowest BCUT2D eigenvalue weighted by atomic mass is 10.1. The first-order valence-electron chi connectivity index (χ1n) is 4.67. The molecule has 1 aromatic carbocycles. The summed E-state index contributed by atoms with van der Waals surface area (Å²) in [5.74, 6) is -0.0321. The number of hydrogen-bond acceptors (Lipinski definition) is 3. The Morgan fingerprint density at radius 2 is 1.56 bits per heavy atom. The summed E-state index contributed by atoms with van der Waals surface area (Å²) >= 11 is 0. The Morgan fingerprint density at radius 3 is 1.94 bits per heavy atom. The summed E-state index contributed by atoms with van der Waals surface area (Å²) in [7, 11) is -4.64. The molecule has 100 valence electrons. The molecule has 0 radical (unpaired) electrons. The third-order valence-corrected chi connectivity index (χ3v) is 1.51. The van der Waals surface area contributed by atoms with Gasteiger partial charge in [0.25, 0.3) is 0 Å². The molecule has 0 amide bonds. The van der Waals surface area contributed by atoms with Crippen molar-refractivity contribution in [2.75, 3.05) is 0 Å². The standard InChI is InChI=1S/C9H12N4.H3O4P/c1-7(12-13-9(10)11)8-5-3-2-4-6-8;1-5(2,3)4/h2-6H,1H3,(H4,10,11,13);(H3,1,2,3,4)/b12-7+;. The quantitative estimate of drug-likeness (QED) is 0.217. The van der Waals surface area contributed by atoms with Crippen molar-refractivity contribution in [3.05, 3.63) is 35.9 Å². The molecule has 0 aliphatic rings. The van der Waals surface area contributed by atoms with Crippen LogP contribution in [0.5, 0.6) is 0 Å². The van der Waals surface area contributed by atoms with Crippen molar-refractivity contribution in [3.8, 4) is 0 Å². The minimum absolute atomic E-state index is 0.0321. The third kappa shape index (κ3) is 10.8. The van der Waals surface area contributed by atoms with Gasteiger partial charge >= 0.3 is 7.82 Å². The number of nitrogens with two attached hydrogens (primary N) is 2. The van der Waals surface area contributed by atoms with Gasteiger partial charge in [0.05, 0.1) is 5.71 Å². The molecular weight excluding hydrogens is 259 g/mol. The van der Waals surface area contributed by atoms with Crippen LogP contribution >= 0.6 is 7.82 Å². The van der Waals surface area contributed by atoms with Crippen LogP contribution in [0.1, 0.15) is 12.5 Å². The zero-order chi connectivity index (χ0) is 14.2. The van der Waals surface area contributed by atoms with Crippen molar-refractivity contribution in [2.45, 2.75) is 6.92 Å². The first-order chi connectivity index (χ1) is 8.20. The molecule has 9 heteroatoms. The van der Waals surface area contributed by atoms with Gasteiger partial charge in [0.1, 0.15) is 0 Å². The van der Waals surface area contributed by atoms with Gasteiger partial charge < -0.3 is 26.1 Å². The molecule has 0 saturated heterocycles. The summed E-state index contributed by atoms with van der Waals surface area (Å²) < 4.78 is 8.88. The topological polar surface area (TPSA) is 155 Å². The number of phosphoric acid groups is 1. The van der Waals surface area contributed by atoms with Crippen molar-refractivity contribution in [3.63, 3.8) is 0 Å². The molecule has 8 nitrogen and oxygen atoms in total. The van der Waals surface area contributed by atoms with Crippen molar-refractivity contribution in [1.82, 2.24) is 0 Å². The zero-order valence-electron chi connectivity index (χ0n) is 9.63. The molecule has 0 unspecified atom stereocenters. The molecule has 0 fully saturated rings. The van der Waals surface area contributed by atoms with E-state index in [1.54, 1.807) is 0 Å². The maximum Gasteiger partial charge on any atom is 0.466 e. The lowest BCUT2D eigenvalue weighted by Crippen LogP contribution is -2.22. The Balaban J connectivity index is 0.000000494. The molecule has 18 heavy (non-hydrogen) atoms. The molecular formula is C9H15N4O4P. The molecule has 0 aliphatic heterocycles. The Bertz CT molecular complexity index is 456. The average molecular weight is 274 g/mol. The minimum Gasteiger partial charge on any atom is -0.369 e. The van der Waals surface area contributed by atoms with E-state index in [1.165, 1.54) is 0 Å². The molecule has 0 spiro atoms. The maximum absolute atomic E-state index is 8.88. The largest absolute Gasteiger partial charge is 0.466 e. The van der Waals surface area contributed by atoms with Gasteiger partial charge in [-0.25, -0.2) is 4.57 Å². The van der Waals surface area contributed by atoms with Gasteiger partial charge in [-0.15, -0.1) is 5.10 Å². The Kier molecular flexibility index (Phi) is 6.84. The summed E-state index contributed by atoms with van der Waals surface area (Å²) in [4.78, 5) is 21.6. The molecule has 7 N–H and O–H groups in total. The minimum atomic E-state index is -4.64. The van der Waals surface area contributed by atoms with Gasteiger partial charge in [0.15, 0.2) is 0 Å². The summed E-state index contributed by atoms with van der Waals surface area (Å²) in [5.41, 5.74) is 12.1. The Hall–Kier alpha value is -1.73. The van der Waals surface area contributed by atoms with Crippen LogP contribution in [0.25, 0.3) is 0 Å². The highest BCUT2D eigenvalue weighted by atomic mass is 31.2. The van der Waals surface area contributed by atoms with Gasteiger partial charge in [0.2, 0.25) is 5.96 Å². The second-order valence-electron chi connectivity index (χ2n) is 3.09. The van der Waals surface area contributed by atoms with E-state index >= 15 is 0 Å². The lowest BCUT2D eigenvalue weighted by Gasteiger charge is -1.96. The van der Waals surface area contributed by atoms with Gasteiger partial charge in [-0.1, -0.05) is 30.3 Å². The summed E-state index contributed by atoms with van der Waals surface area (Å²) in [6.07, 6.45) is 0. The van der Waals surface area contributed by atoms with Gasteiger partial charge in [0, 0.05) is 0 Å². The van der Waals surface area contributed by atoms with Gasteiger partial charge in [-0.2, -0.15) is 5.10 Å². The van der Waals surface area contributed by atoms with Crippen LogP contribution in [0.15, 0.2) is 40.5 Å². The fourth-order valence-electron chi connectivity index (χ4n) is 0.870. The fourth-order valence-corrected chi connectivity index (χ4v) is 0.870. The van der Waals surface area contributed by atoms with Crippen molar-refractivity contribution in [2.24, 2.45) is 21.7 Å². The van der Waals surface area contributed by atoms with E-state index in [-0.39, 0.29) is 5.96 Å². The van der Waals surface area contributed by atoms with Crippen LogP contribution in [-0.4, -0.2) is 26.4 Å². The number of benzene rings is 1. The van der Waals surface area contributed by atoms with Crippen LogP contribution in [0.4, 0.5) is 0 Å². The molecule has 1 aromatic rings. The Morgan fingerprint density at radius 1 is 1.11 bits per heavy atom. The average Bonchev–Trinajstić information content (AvgIpc) is 2.25. The fraction of sp³-hybridized carbons (Fsp3) is 0.111. The zero-order valence-corrected chi connectivity index (χ0v) is 10.5. The van der Waals surface area contributed by atoms with E-state index in [2.05, 4.69) is 10.2 Å². The van der Waals surface area contributed by atoms with Crippen molar-refractivity contribution in [1.29, 1.82) is 0 Å². The molecule has 0 saturated carbocycles. The highest BCUT2D eigenvalue weighted by molar-refractivity contribution is 7.45. The van der Waals surface area contributed by atoms with Crippen LogP contribution in [0, 0.1) is 0 Å². The van der Waals surface area contributed by atoms with Crippen molar-refractivity contribution >= 4 is 19.5 Å². The van der Waals surface area contributed by atoms with Gasteiger partial charge in [-0.3, -0.25) is 0 Å². The van der Waals surface area contributed by atoms with E-state index < -0.39 is 7.82 Å². The number of rotatable bonds is 2. The number of guanidine groups is 1. The van der Waals surface area contributed by atoms with Gasteiger partial charge in [-0.05, 0) is 12.5 Å². The SMILES string of the molecule is C/C(=N\N=C(N)N)c1ccccc1.O=P(O)(O)O. The highest BCUT2D eigenvalue weighted by Crippen LogP contribution is 2.25. The molecule has 0 aliphatic carbocycles. The van der Waals surface area contributed by atoms with Crippen LogP contribution in [0.3, 0.4) is 0 Å². The van der Waals surface area contributed by atoms with Crippen molar-refractivity contribution < 1.29 is 19.2 Å². The van der Waals surface area contributed by atoms with Crippen LogP contribution < -0.4 is 11.5 Å². The highest BCUT2D eigenvalue weighted by Gasteiger charge is 2.00. The molecule has 1 rings (SSSR count). The van der Waals surface area contributed by atoms with E-state index in [9.17, 15) is 0 Å². The predicted octanol–water partition coefficient (Wildman–Crippen LogP) is -0.245. The summed E-state index contributed by atoms with van der Waals surface area (Å²) in [6, 6.07) is 9.70. The molecule has 0 aromatic heterocycles.